The number of likely N-dealkylation sites (tertiary alicyclic amines) is 1. The summed E-state index contributed by atoms with van der Waals surface area (Å²) in [6, 6.07) is 4.60. The third kappa shape index (κ3) is 3.59. The lowest BCUT2D eigenvalue weighted by molar-refractivity contribution is 0.158. The number of hydrogen-bond donors (Lipinski definition) is 1. The Morgan fingerprint density at radius 3 is 2.58 bits per heavy atom. The van der Waals surface area contributed by atoms with Crippen LogP contribution in [-0.4, -0.2) is 54.0 Å². The molecule has 0 radical (unpaired) electrons. The van der Waals surface area contributed by atoms with E-state index in [9.17, 15) is 4.79 Å². The highest BCUT2D eigenvalue weighted by molar-refractivity contribution is 5.73. The number of amides is 2. The highest BCUT2D eigenvalue weighted by atomic mass is 16.2. The van der Waals surface area contributed by atoms with Gasteiger partial charge in [-0.05, 0) is 31.9 Å². The summed E-state index contributed by atoms with van der Waals surface area (Å²) in [6.07, 6.45) is 3.83. The van der Waals surface area contributed by atoms with Crippen LogP contribution in [0.4, 0.5) is 10.5 Å². The number of nitrogens with one attached hydrogen (secondary N) is 1. The predicted molar refractivity (Wildman–Crippen MR) is 76.3 cm³/mol. The molecule has 0 unspecified atom stereocenters. The average molecular weight is 262 g/mol. The fraction of sp³-hybridized carbons (Fsp3) is 0.571. The lowest BCUT2D eigenvalue weighted by atomic mass is 10.1. The Balaban J connectivity index is 1.83. The van der Waals surface area contributed by atoms with Crippen molar-refractivity contribution in [2.75, 3.05) is 32.5 Å². The molecule has 2 amide bonds. The molecule has 1 fully saturated rings. The van der Waals surface area contributed by atoms with Gasteiger partial charge < -0.3 is 15.1 Å². The van der Waals surface area contributed by atoms with Crippen LogP contribution in [0.5, 0.6) is 0 Å². The molecule has 5 nitrogen and oxygen atoms in total. The second kappa shape index (κ2) is 5.91. The second-order valence-electron chi connectivity index (χ2n) is 5.27. The maximum atomic E-state index is 11.8. The first-order chi connectivity index (χ1) is 9.06. The van der Waals surface area contributed by atoms with Gasteiger partial charge in [0.1, 0.15) is 0 Å². The summed E-state index contributed by atoms with van der Waals surface area (Å²) in [6.45, 7) is 3.61. The smallest absolute Gasteiger partial charge is 0.319 e. The van der Waals surface area contributed by atoms with E-state index in [0.717, 1.165) is 37.3 Å². The van der Waals surface area contributed by atoms with Gasteiger partial charge in [0, 0.05) is 38.9 Å². The third-order valence-electron chi connectivity index (χ3n) is 3.43. The number of anilines is 1. The van der Waals surface area contributed by atoms with Crippen LogP contribution in [0.25, 0.3) is 0 Å². The predicted octanol–water partition coefficient (Wildman–Crippen LogP) is 1.95. The molecular formula is C14H22N4O. The second-order valence-corrected chi connectivity index (χ2v) is 5.27. The molecule has 1 saturated heterocycles. The number of hydrogen-bond acceptors (Lipinski definition) is 3. The van der Waals surface area contributed by atoms with E-state index in [1.54, 1.807) is 19.0 Å². The first-order valence-corrected chi connectivity index (χ1v) is 6.71. The van der Waals surface area contributed by atoms with Gasteiger partial charge in [-0.3, -0.25) is 4.98 Å². The van der Waals surface area contributed by atoms with Gasteiger partial charge in [0.2, 0.25) is 0 Å². The van der Waals surface area contributed by atoms with E-state index in [-0.39, 0.29) is 6.03 Å². The van der Waals surface area contributed by atoms with Crippen molar-refractivity contribution in [3.05, 3.63) is 24.0 Å². The number of piperidine rings is 1. The Hall–Kier alpha value is -1.78. The maximum Gasteiger partial charge on any atom is 0.319 e. The first-order valence-electron chi connectivity index (χ1n) is 6.71. The van der Waals surface area contributed by atoms with Gasteiger partial charge in [-0.2, -0.15) is 0 Å². The topological polar surface area (TPSA) is 48.5 Å². The fourth-order valence-corrected chi connectivity index (χ4v) is 2.29. The molecule has 0 aromatic carbocycles. The maximum absolute atomic E-state index is 11.8. The van der Waals surface area contributed by atoms with Gasteiger partial charge in [-0.25, -0.2) is 4.79 Å². The van der Waals surface area contributed by atoms with Crippen molar-refractivity contribution < 1.29 is 4.79 Å². The number of rotatable bonds is 2. The lowest BCUT2D eigenvalue weighted by Crippen LogP contribution is -2.46. The van der Waals surface area contributed by atoms with E-state index >= 15 is 0 Å². The molecule has 5 heteroatoms. The van der Waals surface area contributed by atoms with Crippen molar-refractivity contribution in [1.82, 2.24) is 14.8 Å². The van der Waals surface area contributed by atoms with Crippen molar-refractivity contribution in [2.24, 2.45) is 0 Å². The molecule has 0 aliphatic carbocycles. The van der Waals surface area contributed by atoms with Gasteiger partial charge >= 0.3 is 6.03 Å². The average Bonchev–Trinajstić information content (AvgIpc) is 2.41. The zero-order valence-electron chi connectivity index (χ0n) is 11.9. The summed E-state index contributed by atoms with van der Waals surface area (Å²) in [5.41, 5.74) is 2.08. The van der Waals surface area contributed by atoms with E-state index in [1.807, 2.05) is 24.1 Å². The Morgan fingerprint density at radius 2 is 2.05 bits per heavy atom. The van der Waals surface area contributed by atoms with Gasteiger partial charge in [0.25, 0.3) is 0 Å². The highest BCUT2D eigenvalue weighted by Crippen LogP contribution is 2.16. The molecule has 1 aromatic rings. The number of carbonyl (C=O) groups is 1. The van der Waals surface area contributed by atoms with Crippen molar-refractivity contribution in [2.45, 2.75) is 25.8 Å². The Morgan fingerprint density at radius 1 is 1.37 bits per heavy atom. The summed E-state index contributed by atoms with van der Waals surface area (Å²) in [4.78, 5) is 19.6. The minimum absolute atomic E-state index is 0.107. The summed E-state index contributed by atoms with van der Waals surface area (Å²) in [5, 5.41) is 3.48. The molecule has 1 aliphatic rings. The van der Waals surface area contributed by atoms with Crippen molar-refractivity contribution >= 4 is 11.7 Å². The molecule has 2 heterocycles. The van der Waals surface area contributed by atoms with Crippen LogP contribution >= 0.6 is 0 Å². The first kappa shape index (κ1) is 13.6. The van der Waals surface area contributed by atoms with Crippen LogP contribution in [0.3, 0.4) is 0 Å². The van der Waals surface area contributed by atoms with Crippen LogP contribution in [0.15, 0.2) is 18.3 Å². The Bertz CT molecular complexity index is 422. The molecule has 0 bridgehead atoms. The number of urea groups is 1. The third-order valence-corrected chi connectivity index (χ3v) is 3.43. The van der Waals surface area contributed by atoms with Gasteiger partial charge in [-0.15, -0.1) is 0 Å². The van der Waals surface area contributed by atoms with Crippen LogP contribution in [0.2, 0.25) is 0 Å². The van der Waals surface area contributed by atoms with E-state index in [0.29, 0.717) is 6.04 Å². The summed E-state index contributed by atoms with van der Waals surface area (Å²) in [5.74, 6) is 0. The van der Waals surface area contributed by atoms with Crippen LogP contribution in [-0.2, 0) is 0 Å². The molecule has 104 valence electrons. The summed E-state index contributed by atoms with van der Waals surface area (Å²) in [7, 11) is 3.59. The molecule has 2 rings (SSSR count). The standard InChI is InChI=1S/C14H22N4O/c1-11-4-5-13(10-15-11)16-12-6-8-18(9-7-12)14(19)17(2)3/h4-5,10,12,16H,6-9H2,1-3H3. The quantitative estimate of drug-likeness (QED) is 0.886. The van der Waals surface area contributed by atoms with Crippen molar-refractivity contribution in [1.29, 1.82) is 0 Å². The largest absolute Gasteiger partial charge is 0.381 e. The number of aromatic nitrogens is 1. The summed E-state index contributed by atoms with van der Waals surface area (Å²) >= 11 is 0. The number of carbonyl (C=O) groups excluding carboxylic acids is 1. The fourth-order valence-electron chi connectivity index (χ4n) is 2.29. The molecule has 19 heavy (non-hydrogen) atoms. The van der Waals surface area contributed by atoms with E-state index in [2.05, 4.69) is 16.4 Å². The Kier molecular flexibility index (Phi) is 4.24. The van der Waals surface area contributed by atoms with Crippen molar-refractivity contribution in [3.63, 3.8) is 0 Å². The molecule has 0 atom stereocenters. The molecule has 1 N–H and O–H groups in total. The monoisotopic (exact) mass is 262 g/mol. The minimum Gasteiger partial charge on any atom is -0.381 e. The minimum atomic E-state index is 0.107. The van der Waals surface area contributed by atoms with Crippen LogP contribution < -0.4 is 5.32 Å². The number of pyridine rings is 1. The van der Waals surface area contributed by atoms with Gasteiger partial charge in [0.05, 0.1) is 11.9 Å². The van der Waals surface area contributed by atoms with Crippen molar-refractivity contribution in [3.8, 4) is 0 Å². The van der Waals surface area contributed by atoms with E-state index < -0.39 is 0 Å². The molecule has 1 aromatic heterocycles. The van der Waals surface area contributed by atoms with Crippen LogP contribution in [0, 0.1) is 6.92 Å². The van der Waals surface area contributed by atoms with E-state index in [1.165, 1.54) is 0 Å². The number of nitrogens with zero attached hydrogens (tertiary/aromatic N) is 3. The van der Waals surface area contributed by atoms with Gasteiger partial charge in [0.15, 0.2) is 0 Å². The van der Waals surface area contributed by atoms with E-state index in [4.69, 9.17) is 0 Å². The van der Waals surface area contributed by atoms with Gasteiger partial charge in [-0.1, -0.05) is 0 Å². The lowest BCUT2D eigenvalue weighted by Gasteiger charge is -2.34. The zero-order chi connectivity index (χ0) is 13.8. The van der Waals surface area contributed by atoms with Crippen LogP contribution in [0.1, 0.15) is 18.5 Å². The SMILES string of the molecule is Cc1ccc(NC2CCN(C(=O)N(C)C)CC2)cn1. The molecular weight excluding hydrogens is 240 g/mol. The number of aryl methyl sites for hydroxylation is 1. The normalized spacial score (nSPS) is 16.3. The Labute approximate surface area is 114 Å². The molecule has 0 spiro atoms. The molecule has 1 aliphatic heterocycles. The summed E-state index contributed by atoms with van der Waals surface area (Å²) < 4.78 is 0. The molecule has 0 saturated carbocycles. The highest BCUT2D eigenvalue weighted by Gasteiger charge is 2.23. The zero-order valence-corrected chi connectivity index (χ0v) is 11.9.